The molecular weight excluding hydrogens is 290 g/mol. The quantitative estimate of drug-likeness (QED) is 0.752. The molecule has 3 aromatic rings. The number of hydrogen-bond donors (Lipinski definition) is 1. The van der Waals surface area contributed by atoms with Gasteiger partial charge in [-0.3, -0.25) is 0 Å². The number of H-pyrrole nitrogens is 1. The molecule has 22 heavy (non-hydrogen) atoms. The molecule has 0 fully saturated rings. The summed E-state index contributed by atoms with van der Waals surface area (Å²) >= 11 is 1.65. The van der Waals surface area contributed by atoms with E-state index < -0.39 is 0 Å². The predicted octanol–water partition coefficient (Wildman–Crippen LogP) is 4.80. The average Bonchev–Trinajstić information content (AvgIpc) is 2.96. The lowest BCUT2D eigenvalue weighted by Crippen LogP contribution is -2.08. The second-order valence-electron chi connectivity index (χ2n) is 5.67. The summed E-state index contributed by atoms with van der Waals surface area (Å²) in [5, 5.41) is 6.43. The highest BCUT2D eigenvalue weighted by Crippen LogP contribution is 2.24. The SMILES string of the molecule is Cc1cccc(Nc2[nH+]c(-c3ccc(C(C)C)cc3)cs2)n1. The number of hydrogen-bond acceptors (Lipinski definition) is 3. The Bertz CT molecular complexity index is 760. The van der Waals surface area contributed by atoms with Crippen LogP contribution < -0.4 is 10.3 Å². The Balaban J connectivity index is 1.78. The first kappa shape index (κ1) is 14.7. The van der Waals surface area contributed by atoms with Crippen molar-refractivity contribution in [2.75, 3.05) is 5.32 Å². The summed E-state index contributed by atoms with van der Waals surface area (Å²) in [6, 6.07) is 14.7. The van der Waals surface area contributed by atoms with Crippen LogP contribution in [-0.4, -0.2) is 4.98 Å². The van der Waals surface area contributed by atoms with E-state index in [0.717, 1.165) is 22.3 Å². The first-order valence-electron chi connectivity index (χ1n) is 7.43. The van der Waals surface area contributed by atoms with Gasteiger partial charge < -0.3 is 0 Å². The molecule has 0 saturated heterocycles. The standard InChI is InChI=1S/C18H19N3S/c1-12(2)14-7-9-15(10-8-14)16-11-22-18(20-16)21-17-6-4-5-13(3)19-17/h4-12H,1-3H3,(H,19,20,21)/p+1. The molecule has 0 atom stereocenters. The van der Waals surface area contributed by atoms with Gasteiger partial charge in [-0.05, 0) is 24.5 Å². The number of anilines is 2. The molecule has 0 saturated carbocycles. The molecule has 0 radical (unpaired) electrons. The zero-order valence-corrected chi connectivity index (χ0v) is 13.9. The van der Waals surface area contributed by atoms with Crippen molar-refractivity contribution in [2.24, 2.45) is 0 Å². The van der Waals surface area contributed by atoms with Crippen molar-refractivity contribution >= 4 is 22.3 Å². The van der Waals surface area contributed by atoms with E-state index in [9.17, 15) is 0 Å². The third-order valence-corrected chi connectivity index (χ3v) is 4.35. The third kappa shape index (κ3) is 3.34. The van der Waals surface area contributed by atoms with Crippen molar-refractivity contribution in [1.29, 1.82) is 0 Å². The minimum Gasteiger partial charge on any atom is -0.230 e. The first-order valence-corrected chi connectivity index (χ1v) is 8.31. The van der Waals surface area contributed by atoms with Crippen LogP contribution in [0.1, 0.15) is 31.0 Å². The molecule has 0 spiro atoms. The molecule has 0 bridgehead atoms. The van der Waals surface area contributed by atoms with E-state index >= 15 is 0 Å². The van der Waals surface area contributed by atoms with Crippen LogP contribution in [0.25, 0.3) is 11.3 Å². The minimum absolute atomic E-state index is 0.560. The number of benzene rings is 1. The van der Waals surface area contributed by atoms with Crippen molar-refractivity contribution in [2.45, 2.75) is 26.7 Å². The summed E-state index contributed by atoms with van der Waals surface area (Å²) in [5.74, 6) is 1.42. The summed E-state index contributed by atoms with van der Waals surface area (Å²) < 4.78 is 0. The van der Waals surface area contributed by atoms with Gasteiger partial charge >= 0.3 is 5.13 Å². The fourth-order valence-corrected chi connectivity index (χ4v) is 3.04. The summed E-state index contributed by atoms with van der Waals surface area (Å²) in [6.07, 6.45) is 0. The zero-order chi connectivity index (χ0) is 15.5. The van der Waals surface area contributed by atoms with E-state index in [-0.39, 0.29) is 0 Å². The van der Waals surface area contributed by atoms with Gasteiger partial charge in [0.25, 0.3) is 0 Å². The summed E-state index contributed by atoms with van der Waals surface area (Å²) in [6.45, 7) is 6.41. The molecule has 3 rings (SSSR count). The first-order chi connectivity index (χ1) is 10.6. The number of aromatic amines is 1. The Morgan fingerprint density at radius 2 is 1.86 bits per heavy atom. The lowest BCUT2D eigenvalue weighted by Gasteiger charge is -2.04. The number of rotatable bonds is 4. The normalized spacial score (nSPS) is 10.9. The van der Waals surface area contributed by atoms with Crippen molar-refractivity contribution in [3.63, 3.8) is 0 Å². The molecule has 2 N–H and O–H groups in total. The molecule has 0 aliphatic rings. The van der Waals surface area contributed by atoms with Crippen LogP contribution in [0.4, 0.5) is 10.9 Å². The lowest BCUT2D eigenvalue weighted by molar-refractivity contribution is -0.340. The van der Waals surface area contributed by atoms with E-state index in [0.29, 0.717) is 5.92 Å². The fraction of sp³-hybridized carbons (Fsp3) is 0.222. The lowest BCUT2D eigenvalue weighted by atomic mass is 10.0. The van der Waals surface area contributed by atoms with E-state index in [1.807, 2.05) is 25.1 Å². The largest absolute Gasteiger partial charge is 0.338 e. The Morgan fingerprint density at radius 3 is 2.55 bits per heavy atom. The van der Waals surface area contributed by atoms with E-state index in [2.05, 4.69) is 58.8 Å². The Hall–Kier alpha value is -2.20. The van der Waals surface area contributed by atoms with Crippen molar-refractivity contribution in [1.82, 2.24) is 4.98 Å². The topological polar surface area (TPSA) is 39.1 Å². The fourth-order valence-electron chi connectivity index (χ4n) is 2.28. The summed E-state index contributed by atoms with van der Waals surface area (Å²) in [5.41, 5.74) is 4.69. The van der Waals surface area contributed by atoms with Crippen LogP contribution in [0, 0.1) is 6.92 Å². The number of thiazole rings is 1. The minimum atomic E-state index is 0.560. The monoisotopic (exact) mass is 310 g/mol. The van der Waals surface area contributed by atoms with Crippen LogP contribution in [0.15, 0.2) is 47.8 Å². The maximum absolute atomic E-state index is 4.46. The maximum Gasteiger partial charge on any atom is 0.338 e. The van der Waals surface area contributed by atoms with Crippen LogP contribution in [0.5, 0.6) is 0 Å². The molecule has 2 heterocycles. The number of nitrogens with zero attached hydrogens (tertiary/aromatic N) is 1. The highest BCUT2D eigenvalue weighted by molar-refractivity contribution is 7.13. The molecule has 4 heteroatoms. The van der Waals surface area contributed by atoms with E-state index in [1.54, 1.807) is 11.3 Å². The second kappa shape index (κ2) is 6.28. The highest BCUT2D eigenvalue weighted by atomic mass is 32.1. The van der Waals surface area contributed by atoms with Crippen LogP contribution >= 0.6 is 11.3 Å². The molecule has 112 valence electrons. The van der Waals surface area contributed by atoms with Gasteiger partial charge in [0.05, 0.1) is 0 Å². The molecule has 0 aliphatic heterocycles. The van der Waals surface area contributed by atoms with Gasteiger partial charge in [-0.25, -0.2) is 15.3 Å². The smallest absolute Gasteiger partial charge is 0.230 e. The third-order valence-electron chi connectivity index (χ3n) is 3.56. The molecule has 0 unspecified atom stereocenters. The summed E-state index contributed by atoms with van der Waals surface area (Å²) in [7, 11) is 0. The molecule has 3 nitrogen and oxygen atoms in total. The Labute approximate surface area is 135 Å². The van der Waals surface area contributed by atoms with Crippen LogP contribution in [-0.2, 0) is 0 Å². The van der Waals surface area contributed by atoms with Gasteiger partial charge in [0.1, 0.15) is 5.69 Å². The number of nitrogens with one attached hydrogen (secondary N) is 2. The highest BCUT2D eigenvalue weighted by Gasteiger charge is 2.11. The second-order valence-corrected chi connectivity index (χ2v) is 6.55. The molecular formula is C18H20N3S+. The van der Waals surface area contributed by atoms with Gasteiger partial charge in [-0.15, -0.1) is 0 Å². The van der Waals surface area contributed by atoms with Crippen molar-refractivity contribution in [3.8, 4) is 11.3 Å². The average molecular weight is 310 g/mol. The maximum atomic E-state index is 4.46. The van der Waals surface area contributed by atoms with Gasteiger partial charge in [-0.2, -0.15) is 0 Å². The van der Waals surface area contributed by atoms with E-state index in [1.165, 1.54) is 11.1 Å². The molecule has 0 amide bonds. The molecule has 0 aliphatic carbocycles. The number of pyridine rings is 1. The predicted molar refractivity (Wildman–Crippen MR) is 92.7 cm³/mol. The van der Waals surface area contributed by atoms with Crippen LogP contribution in [0.3, 0.4) is 0 Å². The van der Waals surface area contributed by atoms with Gasteiger partial charge in [0.15, 0.2) is 0 Å². The zero-order valence-electron chi connectivity index (χ0n) is 13.1. The van der Waals surface area contributed by atoms with Crippen molar-refractivity contribution in [3.05, 3.63) is 59.1 Å². The number of aryl methyl sites for hydroxylation is 1. The van der Waals surface area contributed by atoms with Gasteiger partial charge in [0, 0.05) is 22.7 Å². The molecule has 1 aromatic carbocycles. The van der Waals surface area contributed by atoms with Gasteiger partial charge in [0.2, 0.25) is 5.82 Å². The number of aromatic nitrogens is 2. The molecule has 2 aromatic heterocycles. The Kier molecular flexibility index (Phi) is 4.20. The summed E-state index contributed by atoms with van der Waals surface area (Å²) in [4.78, 5) is 7.87. The van der Waals surface area contributed by atoms with Gasteiger partial charge in [-0.1, -0.05) is 55.5 Å². The van der Waals surface area contributed by atoms with E-state index in [4.69, 9.17) is 0 Å². The van der Waals surface area contributed by atoms with Crippen molar-refractivity contribution < 1.29 is 4.98 Å². The van der Waals surface area contributed by atoms with Crippen LogP contribution in [0.2, 0.25) is 0 Å². The Morgan fingerprint density at radius 1 is 1.09 bits per heavy atom.